The monoisotopic (exact) mass is 263 g/mol. The zero-order valence-corrected chi connectivity index (χ0v) is 12.2. The van der Waals surface area contributed by atoms with Crippen molar-refractivity contribution < 1.29 is 9.47 Å². The quantitative estimate of drug-likeness (QED) is 0.884. The van der Waals surface area contributed by atoms with Gasteiger partial charge in [0.2, 0.25) is 0 Å². The lowest BCUT2D eigenvalue weighted by Gasteiger charge is -2.33. The molecule has 1 aliphatic carbocycles. The van der Waals surface area contributed by atoms with Crippen molar-refractivity contribution in [1.29, 1.82) is 0 Å². The van der Waals surface area contributed by atoms with Gasteiger partial charge in [0.25, 0.3) is 0 Å². The zero-order valence-electron chi connectivity index (χ0n) is 12.2. The molecule has 0 saturated heterocycles. The molecule has 2 rings (SSSR count). The Kier molecular flexibility index (Phi) is 5.23. The minimum Gasteiger partial charge on any atom is -0.497 e. The Labute approximate surface area is 116 Å². The Morgan fingerprint density at radius 3 is 2.74 bits per heavy atom. The fourth-order valence-corrected chi connectivity index (χ4v) is 2.90. The molecular weight excluding hydrogens is 238 g/mol. The van der Waals surface area contributed by atoms with Crippen molar-refractivity contribution in [2.45, 2.75) is 50.8 Å². The van der Waals surface area contributed by atoms with Crippen molar-refractivity contribution in [1.82, 2.24) is 5.32 Å². The topological polar surface area (TPSA) is 30.5 Å². The van der Waals surface area contributed by atoms with Crippen LogP contribution in [-0.2, 0) is 4.74 Å². The molecule has 1 aromatic carbocycles. The molecule has 0 heterocycles. The first-order chi connectivity index (χ1) is 9.24. The summed E-state index contributed by atoms with van der Waals surface area (Å²) < 4.78 is 10.9. The number of hydrogen-bond donors (Lipinski definition) is 1. The molecule has 3 heteroatoms. The van der Waals surface area contributed by atoms with E-state index in [-0.39, 0.29) is 0 Å². The maximum Gasteiger partial charge on any atom is 0.119 e. The Morgan fingerprint density at radius 2 is 2.00 bits per heavy atom. The molecule has 1 aliphatic rings. The van der Waals surface area contributed by atoms with Gasteiger partial charge < -0.3 is 14.8 Å². The van der Waals surface area contributed by atoms with E-state index in [0.717, 1.165) is 5.75 Å². The molecule has 3 nitrogen and oxygen atoms in total. The summed E-state index contributed by atoms with van der Waals surface area (Å²) in [6.07, 6.45) is 5.29. The number of methoxy groups -OCH3 is 2. The van der Waals surface area contributed by atoms with Crippen LogP contribution in [-0.4, -0.2) is 26.4 Å². The van der Waals surface area contributed by atoms with Crippen LogP contribution in [0.2, 0.25) is 0 Å². The lowest BCUT2D eigenvalue weighted by molar-refractivity contribution is 0.0384. The highest BCUT2D eigenvalue weighted by molar-refractivity contribution is 5.30. The minimum absolute atomic E-state index is 0.316. The molecule has 0 spiro atoms. The van der Waals surface area contributed by atoms with Crippen molar-refractivity contribution >= 4 is 0 Å². The average molecular weight is 263 g/mol. The van der Waals surface area contributed by atoms with Gasteiger partial charge in [-0.1, -0.05) is 25.0 Å². The second-order valence-electron chi connectivity index (χ2n) is 5.33. The van der Waals surface area contributed by atoms with Crippen LogP contribution in [0.25, 0.3) is 0 Å². The molecule has 106 valence electrons. The van der Waals surface area contributed by atoms with Gasteiger partial charge >= 0.3 is 0 Å². The largest absolute Gasteiger partial charge is 0.497 e. The van der Waals surface area contributed by atoms with Gasteiger partial charge in [0.1, 0.15) is 5.75 Å². The highest BCUT2D eigenvalue weighted by Crippen LogP contribution is 2.25. The fourth-order valence-electron chi connectivity index (χ4n) is 2.90. The summed E-state index contributed by atoms with van der Waals surface area (Å²) in [6, 6.07) is 9.04. The molecule has 1 fully saturated rings. The van der Waals surface area contributed by atoms with E-state index in [2.05, 4.69) is 24.4 Å². The molecule has 1 saturated carbocycles. The predicted molar refractivity (Wildman–Crippen MR) is 77.6 cm³/mol. The molecule has 19 heavy (non-hydrogen) atoms. The lowest BCUT2D eigenvalue weighted by atomic mass is 9.91. The van der Waals surface area contributed by atoms with Gasteiger partial charge in [-0.05, 0) is 37.5 Å². The van der Waals surface area contributed by atoms with E-state index in [1.54, 1.807) is 7.11 Å². The van der Waals surface area contributed by atoms with E-state index < -0.39 is 0 Å². The van der Waals surface area contributed by atoms with E-state index in [4.69, 9.17) is 9.47 Å². The molecule has 0 aromatic heterocycles. The van der Waals surface area contributed by atoms with Crippen LogP contribution in [0.4, 0.5) is 0 Å². The summed E-state index contributed by atoms with van der Waals surface area (Å²) in [5.74, 6) is 0.915. The second-order valence-corrected chi connectivity index (χ2v) is 5.33. The minimum atomic E-state index is 0.316. The van der Waals surface area contributed by atoms with Crippen molar-refractivity contribution in [3.8, 4) is 5.75 Å². The number of hydrogen-bond acceptors (Lipinski definition) is 3. The first kappa shape index (κ1) is 14.4. The first-order valence-electron chi connectivity index (χ1n) is 7.17. The third-order valence-corrected chi connectivity index (χ3v) is 4.06. The van der Waals surface area contributed by atoms with Crippen molar-refractivity contribution in [2.24, 2.45) is 0 Å². The Morgan fingerprint density at radius 1 is 1.21 bits per heavy atom. The summed E-state index contributed by atoms with van der Waals surface area (Å²) in [4.78, 5) is 0. The van der Waals surface area contributed by atoms with E-state index >= 15 is 0 Å². The summed E-state index contributed by atoms with van der Waals surface area (Å²) >= 11 is 0. The maximum atomic E-state index is 5.60. The highest BCUT2D eigenvalue weighted by Gasteiger charge is 2.26. The van der Waals surface area contributed by atoms with Crippen LogP contribution in [0.1, 0.15) is 44.2 Å². The van der Waals surface area contributed by atoms with Gasteiger partial charge in [-0.15, -0.1) is 0 Å². The second kappa shape index (κ2) is 6.92. The Bertz CT molecular complexity index is 394. The van der Waals surface area contributed by atoms with Crippen molar-refractivity contribution in [3.05, 3.63) is 29.8 Å². The molecule has 1 N–H and O–H groups in total. The number of ether oxygens (including phenoxy) is 2. The summed E-state index contributed by atoms with van der Waals surface area (Å²) in [7, 11) is 3.53. The molecule has 0 radical (unpaired) electrons. The predicted octanol–water partition coefficient (Wildman–Crippen LogP) is 3.30. The smallest absolute Gasteiger partial charge is 0.119 e. The van der Waals surface area contributed by atoms with Gasteiger partial charge in [0, 0.05) is 19.2 Å². The normalized spacial score (nSPS) is 25.0. The number of nitrogens with one attached hydrogen (secondary N) is 1. The maximum absolute atomic E-state index is 5.60. The van der Waals surface area contributed by atoms with Crippen molar-refractivity contribution in [3.63, 3.8) is 0 Å². The van der Waals surface area contributed by atoms with E-state index in [1.165, 1.54) is 31.2 Å². The third-order valence-electron chi connectivity index (χ3n) is 4.06. The van der Waals surface area contributed by atoms with Crippen LogP contribution in [0, 0.1) is 0 Å². The van der Waals surface area contributed by atoms with Gasteiger partial charge in [0.15, 0.2) is 0 Å². The highest BCUT2D eigenvalue weighted by atomic mass is 16.5. The lowest BCUT2D eigenvalue weighted by Crippen LogP contribution is -2.44. The summed E-state index contributed by atoms with van der Waals surface area (Å²) in [5.41, 5.74) is 1.26. The summed E-state index contributed by atoms with van der Waals surface area (Å²) in [6.45, 7) is 2.20. The van der Waals surface area contributed by atoms with E-state index in [0.29, 0.717) is 18.2 Å². The van der Waals surface area contributed by atoms with Crippen LogP contribution in [0.15, 0.2) is 24.3 Å². The fraction of sp³-hybridized carbons (Fsp3) is 0.625. The molecule has 0 bridgehead atoms. The first-order valence-corrected chi connectivity index (χ1v) is 7.17. The van der Waals surface area contributed by atoms with Gasteiger partial charge in [-0.2, -0.15) is 0 Å². The zero-order chi connectivity index (χ0) is 13.7. The van der Waals surface area contributed by atoms with Crippen molar-refractivity contribution in [2.75, 3.05) is 14.2 Å². The third kappa shape index (κ3) is 3.71. The van der Waals surface area contributed by atoms with Gasteiger partial charge in [0.05, 0.1) is 13.2 Å². The van der Waals surface area contributed by atoms with Crippen LogP contribution < -0.4 is 10.1 Å². The number of benzene rings is 1. The SMILES string of the molecule is COc1cccc(C(C)NC2CCCCC2OC)c1. The van der Waals surface area contributed by atoms with E-state index in [1.807, 2.05) is 19.2 Å². The van der Waals surface area contributed by atoms with Crippen LogP contribution >= 0.6 is 0 Å². The van der Waals surface area contributed by atoms with E-state index in [9.17, 15) is 0 Å². The standard InChI is InChI=1S/C16H25NO2/c1-12(13-7-6-8-14(11-13)18-2)17-15-9-4-5-10-16(15)19-3/h6-8,11-12,15-17H,4-5,9-10H2,1-3H3. The van der Waals surface area contributed by atoms with Gasteiger partial charge in [-0.25, -0.2) is 0 Å². The average Bonchev–Trinajstić information content (AvgIpc) is 2.47. The van der Waals surface area contributed by atoms with Crippen LogP contribution in [0.5, 0.6) is 5.75 Å². The molecule has 0 amide bonds. The molecule has 1 aromatic rings. The summed E-state index contributed by atoms with van der Waals surface area (Å²) in [5, 5.41) is 3.71. The van der Waals surface area contributed by atoms with Crippen LogP contribution in [0.3, 0.4) is 0 Å². The molecule has 3 unspecified atom stereocenters. The molecular formula is C16H25NO2. The Hall–Kier alpha value is -1.06. The van der Waals surface area contributed by atoms with Gasteiger partial charge in [-0.3, -0.25) is 0 Å². The number of rotatable bonds is 5. The molecule has 0 aliphatic heterocycles. The molecule has 3 atom stereocenters. The Balaban J connectivity index is 2.00.